The second-order valence-electron chi connectivity index (χ2n) is 5.68. The molecule has 2 bridgehead atoms. The molecule has 6 heteroatoms. The highest BCUT2D eigenvalue weighted by Gasteiger charge is 2.65. The molecule has 20 heavy (non-hydrogen) atoms. The van der Waals surface area contributed by atoms with Crippen molar-refractivity contribution in [2.45, 2.75) is 9.65 Å². The van der Waals surface area contributed by atoms with Crippen molar-refractivity contribution in [3.8, 4) is 0 Å². The lowest BCUT2D eigenvalue weighted by molar-refractivity contribution is -0.172. The summed E-state index contributed by atoms with van der Waals surface area (Å²) in [5.74, 6) is -0.641. The van der Waals surface area contributed by atoms with Crippen LogP contribution in [0.25, 0.3) is 0 Å². The fourth-order valence-electron chi connectivity index (χ4n) is 4.23. The molecule has 4 rings (SSSR count). The molecule has 4 aliphatic rings. The molecular formula is C14H16Br2O4. The van der Waals surface area contributed by atoms with Crippen LogP contribution in [0.1, 0.15) is 0 Å². The summed E-state index contributed by atoms with van der Waals surface area (Å²) in [6.07, 6.45) is 4.17. The van der Waals surface area contributed by atoms with Gasteiger partial charge in [0.05, 0.1) is 26.1 Å². The van der Waals surface area contributed by atoms with Gasteiger partial charge in [-0.1, -0.05) is 44.0 Å². The molecule has 4 aliphatic carbocycles. The molecule has 0 saturated heterocycles. The third kappa shape index (κ3) is 1.76. The summed E-state index contributed by atoms with van der Waals surface area (Å²) < 4.78 is 9.86. The molecule has 8 atom stereocenters. The van der Waals surface area contributed by atoms with Gasteiger partial charge in [-0.05, 0) is 23.7 Å². The van der Waals surface area contributed by atoms with Crippen molar-refractivity contribution in [2.24, 2.45) is 35.5 Å². The van der Waals surface area contributed by atoms with E-state index < -0.39 is 11.8 Å². The molecule has 0 heterocycles. The van der Waals surface area contributed by atoms with Crippen LogP contribution >= 0.6 is 31.9 Å². The first-order chi connectivity index (χ1) is 9.52. The average molecular weight is 408 g/mol. The third-order valence-corrected chi connectivity index (χ3v) is 8.16. The number of rotatable bonds is 2. The molecule has 0 aromatic carbocycles. The van der Waals surface area contributed by atoms with Crippen LogP contribution in [0.5, 0.6) is 0 Å². The zero-order chi connectivity index (χ0) is 14.6. The normalized spacial score (nSPS) is 48.2. The lowest BCUT2D eigenvalue weighted by Crippen LogP contribution is -2.66. The standard InChI is InChI=1S/C14H16Br2O4/c1-19-13(17)9-5-3-4-6(10(9)14(18)20-2)8-7(5)11(15)12(8)16/h3-12H,1-2H3. The molecule has 4 nitrogen and oxygen atoms in total. The van der Waals surface area contributed by atoms with Crippen LogP contribution in [0.15, 0.2) is 12.2 Å². The topological polar surface area (TPSA) is 52.6 Å². The fraction of sp³-hybridized carbons (Fsp3) is 0.714. The Labute approximate surface area is 134 Å². The van der Waals surface area contributed by atoms with Gasteiger partial charge < -0.3 is 9.47 Å². The van der Waals surface area contributed by atoms with Crippen LogP contribution in [0, 0.1) is 35.5 Å². The molecule has 0 aliphatic heterocycles. The first kappa shape index (κ1) is 14.6. The van der Waals surface area contributed by atoms with E-state index in [2.05, 4.69) is 44.0 Å². The Morgan fingerprint density at radius 2 is 1.20 bits per heavy atom. The van der Waals surface area contributed by atoms with Crippen molar-refractivity contribution in [1.82, 2.24) is 0 Å². The highest BCUT2D eigenvalue weighted by molar-refractivity contribution is 9.12. The Bertz CT molecular complexity index is 436. The maximum atomic E-state index is 12.2. The molecule has 110 valence electrons. The lowest BCUT2D eigenvalue weighted by Gasteiger charge is -2.61. The van der Waals surface area contributed by atoms with E-state index in [1.54, 1.807) is 0 Å². The number of carbonyl (C=O) groups excluding carboxylic acids is 2. The predicted molar refractivity (Wildman–Crippen MR) is 79.5 cm³/mol. The van der Waals surface area contributed by atoms with Gasteiger partial charge in [-0.25, -0.2) is 0 Å². The summed E-state index contributed by atoms with van der Waals surface area (Å²) in [5, 5.41) is 0. The van der Waals surface area contributed by atoms with E-state index in [4.69, 9.17) is 9.47 Å². The van der Waals surface area contributed by atoms with Gasteiger partial charge in [-0.3, -0.25) is 9.59 Å². The highest BCUT2D eigenvalue weighted by Crippen LogP contribution is 2.63. The minimum Gasteiger partial charge on any atom is -0.469 e. The van der Waals surface area contributed by atoms with Gasteiger partial charge in [0.25, 0.3) is 0 Å². The number of alkyl halides is 2. The minimum atomic E-state index is -0.427. The molecular weight excluding hydrogens is 392 g/mol. The summed E-state index contributed by atoms with van der Waals surface area (Å²) in [4.78, 5) is 25.0. The van der Waals surface area contributed by atoms with Gasteiger partial charge in [0.2, 0.25) is 0 Å². The van der Waals surface area contributed by atoms with Crippen molar-refractivity contribution in [3.05, 3.63) is 12.2 Å². The van der Waals surface area contributed by atoms with Gasteiger partial charge in [-0.15, -0.1) is 0 Å². The monoisotopic (exact) mass is 406 g/mol. The Hall–Kier alpha value is -0.360. The Kier molecular flexibility index (Phi) is 3.73. The zero-order valence-electron chi connectivity index (χ0n) is 11.2. The zero-order valence-corrected chi connectivity index (χ0v) is 14.3. The SMILES string of the molecule is COC(=O)C1C2C=CC(C1C(=O)OC)C1C(Br)C(Br)C21. The highest BCUT2D eigenvalue weighted by atomic mass is 79.9. The van der Waals surface area contributed by atoms with E-state index in [1.165, 1.54) is 14.2 Å². The van der Waals surface area contributed by atoms with Crippen LogP contribution in [0.3, 0.4) is 0 Å². The van der Waals surface area contributed by atoms with Gasteiger partial charge in [-0.2, -0.15) is 0 Å². The first-order valence-corrected chi connectivity index (χ1v) is 8.48. The predicted octanol–water partition coefficient (Wildman–Crippen LogP) is 2.15. The number of methoxy groups -OCH3 is 2. The number of allylic oxidation sites excluding steroid dienone is 2. The lowest BCUT2D eigenvalue weighted by atomic mass is 9.46. The second kappa shape index (κ2) is 5.13. The Morgan fingerprint density at radius 3 is 1.50 bits per heavy atom. The van der Waals surface area contributed by atoms with E-state index in [0.29, 0.717) is 21.5 Å². The Morgan fingerprint density at radius 1 is 0.850 bits per heavy atom. The van der Waals surface area contributed by atoms with Crippen LogP contribution in [-0.4, -0.2) is 35.8 Å². The summed E-state index contributed by atoms with van der Waals surface area (Å²) in [6, 6.07) is 0. The van der Waals surface area contributed by atoms with E-state index in [0.717, 1.165) is 0 Å². The number of hydrogen-bond donors (Lipinski definition) is 0. The molecule has 2 saturated carbocycles. The number of halogens is 2. The number of carbonyl (C=O) groups is 2. The molecule has 0 N–H and O–H groups in total. The minimum absolute atomic E-state index is 0.0414. The van der Waals surface area contributed by atoms with Crippen LogP contribution in [0.2, 0.25) is 0 Å². The van der Waals surface area contributed by atoms with E-state index >= 15 is 0 Å². The third-order valence-electron chi connectivity index (χ3n) is 5.09. The number of esters is 2. The van der Waals surface area contributed by atoms with E-state index in [-0.39, 0.29) is 23.8 Å². The average Bonchev–Trinajstić information content (AvgIpc) is 2.50. The smallest absolute Gasteiger partial charge is 0.310 e. The van der Waals surface area contributed by atoms with Crippen molar-refractivity contribution in [3.63, 3.8) is 0 Å². The van der Waals surface area contributed by atoms with E-state index in [1.807, 2.05) is 0 Å². The first-order valence-electron chi connectivity index (χ1n) is 6.65. The van der Waals surface area contributed by atoms with Gasteiger partial charge in [0.1, 0.15) is 0 Å². The molecule has 0 aromatic heterocycles. The maximum absolute atomic E-state index is 12.2. The fourth-order valence-corrected chi connectivity index (χ4v) is 6.35. The largest absolute Gasteiger partial charge is 0.469 e. The van der Waals surface area contributed by atoms with Crippen molar-refractivity contribution in [1.29, 1.82) is 0 Å². The summed E-state index contributed by atoms with van der Waals surface area (Å²) in [5.41, 5.74) is 0. The summed E-state index contributed by atoms with van der Waals surface area (Å²) >= 11 is 7.39. The molecule has 0 spiro atoms. The van der Waals surface area contributed by atoms with Gasteiger partial charge in [0.15, 0.2) is 0 Å². The Balaban J connectivity index is 2.00. The summed E-state index contributed by atoms with van der Waals surface area (Å²) in [6.45, 7) is 0. The molecule has 0 amide bonds. The molecule has 8 unspecified atom stereocenters. The van der Waals surface area contributed by atoms with Crippen LogP contribution in [-0.2, 0) is 19.1 Å². The summed E-state index contributed by atoms with van der Waals surface area (Å²) in [7, 11) is 2.75. The van der Waals surface area contributed by atoms with Crippen molar-refractivity contribution in [2.75, 3.05) is 14.2 Å². The molecule has 0 radical (unpaired) electrons. The number of ether oxygens (including phenoxy) is 2. The van der Waals surface area contributed by atoms with Crippen molar-refractivity contribution >= 4 is 43.8 Å². The van der Waals surface area contributed by atoms with Crippen LogP contribution in [0.4, 0.5) is 0 Å². The molecule has 0 aromatic rings. The quantitative estimate of drug-likeness (QED) is 0.400. The number of fused-ring (bicyclic) bond motifs is 1. The van der Waals surface area contributed by atoms with Crippen LogP contribution < -0.4 is 0 Å². The second-order valence-corrected chi connectivity index (χ2v) is 7.80. The van der Waals surface area contributed by atoms with E-state index in [9.17, 15) is 9.59 Å². The van der Waals surface area contributed by atoms with Gasteiger partial charge >= 0.3 is 11.9 Å². The van der Waals surface area contributed by atoms with Gasteiger partial charge in [0, 0.05) is 9.65 Å². The maximum Gasteiger partial charge on any atom is 0.310 e. The number of hydrogen-bond acceptors (Lipinski definition) is 4. The molecule has 2 fully saturated rings. The van der Waals surface area contributed by atoms with Crippen molar-refractivity contribution < 1.29 is 19.1 Å².